The van der Waals surface area contributed by atoms with Crippen LogP contribution in [-0.4, -0.2) is 21.9 Å². The molecule has 0 aliphatic carbocycles. The van der Waals surface area contributed by atoms with E-state index in [1.54, 1.807) is 11.8 Å². The van der Waals surface area contributed by atoms with Crippen LogP contribution in [0.3, 0.4) is 0 Å². The number of hydrogen-bond acceptors (Lipinski definition) is 5. The normalized spacial score (nSPS) is 13.2. The van der Waals surface area contributed by atoms with Crippen molar-refractivity contribution in [1.82, 2.24) is 4.98 Å². The first-order chi connectivity index (χ1) is 5.72. The second kappa shape index (κ2) is 4.69. The maximum Gasteiger partial charge on any atom is 0.180 e. The number of anilines is 1. The summed E-state index contributed by atoms with van der Waals surface area (Å²) in [7, 11) is 0. The minimum Gasteiger partial charge on any atom is -0.395 e. The zero-order valence-corrected chi connectivity index (χ0v) is 8.49. The van der Waals surface area contributed by atoms with Crippen molar-refractivity contribution in [3.8, 4) is 0 Å². The van der Waals surface area contributed by atoms with E-state index in [2.05, 4.69) is 4.98 Å². The number of aliphatic hydroxyl groups is 1. The van der Waals surface area contributed by atoms with Crippen LogP contribution < -0.4 is 5.73 Å². The third kappa shape index (κ3) is 3.00. The lowest BCUT2D eigenvalue weighted by molar-refractivity contribution is 0.300. The molecule has 3 N–H and O–H groups in total. The largest absolute Gasteiger partial charge is 0.395 e. The maximum atomic E-state index is 8.75. The zero-order chi connectivity index (χ0) is 8.97. The van der Waals surface area contributed by atoms with Crippen molar-refractivity contribution >= 4 is 28.2 Å². The van der Waals surface area contributed by atoms with Gasteiger partial charge in [-0.2, -0.15) is 0 Å². The maximum absolute atomic E-state index is 8.75. The standard InChI is InChI=1S/C7H12N2OS2/c1-5(2-10)11-3-6-4-12-7(8)9-6/h4-5,10H,2-3H2,1H3,(H2,8,9). The van der Waals surface area contributed by atoms with E-state index in [9.17, 15) is 0 Å². The van der Waals surface area contributed by atoms with Crippen LogP contribution in [0.25, 0.3) is 0 Å². The molecule has 1 aromatic heterocycles. The summed E-state index contributed by atoms with van der Waals surface area (Å²) < 4.78 is 0. The highest BCUT2D eigenvalue weighted by Crippen LogP contribution is 2.19. The number of aliphatic hydroxyl groups excluding tert-OH is 1. The molecule has 1 heterocycles. The number of aromatic nitrogens is 1. The van der Waals surface area contributed by atoms with Crippen LogP contribution in [0.1, 0.15) is 12.6 Å². The van der Waals surface area contributed by atoms with E-state index in [0.717, 1.165) is 11.4 Å². The molecular formula is C7H12N2OS2. The molecule has 0 aromatic carbocycles. The Morgan fingerprint density at radius 2 is 2.58 bits per heavy atom. The van der Waals surface area contributed by atoms with E-state index in [1.807, 2.05) is 12.3 Å². The Labute approximate surface area is 80.0 Å². The van der Waals surface area contributed by atoms with Crippen molar-refractivity contribution in [2.24, 2.45) is 0 Å². The number of rotatable bonds is 4. The first-order valence-electron chi connectivity index (χ1n) is 3.64. The van der Waals surface area contributed by atoms with Gasteiger partial charge in [-0.3, -0.25) is 0 Å². The Balaban J connectivity index is 2.33. The molecule has 68 valence electrons. The van der Waals surface area contributed by atoms with Crippen LogP contribution in [0, 0.1) is 0 Å². The van der Waals surface area contributed by atoms with Gasteiger partial charge in [-0.1, -0.05) is 6.92 Å². The molecule has 0 spiro atoms. The minimum atomic E-state index is 0.213. The molecular weight excluding hydrogens is 192 g/mol. The minimum absolute atomic E-state index is 0.213. The molecule has 12 heavy (non-hydrogen) atoms. The third-order valence-corrected chi connectivity index (χ3v) is 3.25. The summed E-state index contributed by atoms with van der Waals surface area (Å²) in [6.07, 6.45) is 0. The smallest absolute Gasteiger partial charge is 0.180 e. The molecule has 5 heteroatoms. The average molecular weight is 204 g/mol. The molecule has 0 saturated heterocycles. The molecule has 0 radical (unpaired) electrons. The van der Waals surface area contributed by atoms with Crippen molar-refractivity contribution in [3.63, 3.8) is 0 Å². The van der Waals surface area contributed by atoms with Crippen LogP contribution in [0.2, 0.25) is 0 Å². The zero-order valence-electron chi connectivity index (χ0n) is 6.86. The van der Waals surface area contributed by atoms with Gasteiger partial charge < -0.3 is 10.8 Å². The van der Waals surface area contributed by atoms with Crippen LogP contribution in [0.4, 0.5) is 5.13 Å². The first kappa shape index (κ1) is 9.83. The van der Waals surface area contributed by atoms with E-state index in [0.29, 0.717) is 5.13 Å². The summed E-state index contributed by atoms with van der Waals surface area (Å²) in [6.45, 7) is 2.20. The first-order valence-corrected chi connectivity index (χ1v) is 5.57. The molecule has 0 bridgehead atoms. The van der Waals surface area contributed by atoms with E-state index in [4.69, 9.17) is 10.8 Å². The average Bonchev–Trinajstić information content (AvgIpc) is 2.47. The Kier molecular flexibility index (Phi) is 3.84. The van der Waals surface area contributed by atoms with Crippen molar-refractivity contribution in [3.05, 3.63) is 11.1 Å². The molecule has 1 aromatic rings. The van der Waals surface area contributed by atoms with Crippen molar-refractivity contribution < 1.29 is 5.11 Å². The second-order valence-corrected chi connectivity index (χ2v) is 4.80. The molecule has 3 nitrogen and oxygen atoms in total. The molecule has 0 amide bonds. The summed E-state index contributed by atoms with van der Waals surface area (Å²) in [5, 5.41) is 11.6. The van der Waals surface area contributed by atoms with E-state index in [1.165, 1.54) is 11.3 Å². The molecule has 1 rings (SSSR count). The van der Waals surface area contributed by atoms with Gasteiger partial charge in [0.25, 0.3) is 0 Å². The van der Waals surface area contributed by atoms with Crippen LogP contribution >= 0.6 is 23.1 Å². The van der Waals surface area contributed by atoms with Crippen LogP contribution in [0.5, 0.6) is 0 Å². The number of nitrogens with zero attached hydrogens (tertiary/aromatic N) is 1. The van der Waals surface area contributed by atoms with Gasteiger partial charge in [-0.05, 0) is 0 Å². The summed E-state index contributed by atoms with van der Waals surface area (Å²) in [6, 6.07) is 0. The van der Waals surface area contributed by atoms with Gasteiger partial charge in [0.05, 0.1) is 12.3 Å². The lowest BCUT2D eigenvalue weighted by Crippen LogP contribution is -2.02. The highest BCUT2D eigenvalue weighted by atomic mass is 32.2. The Morgan fingerprint density at radius 3 is 3.08 bits per heavy atom. The third-order valence-electron chi connectivity index (χ3n) is 1.34. The Morgan fingerprint density at radius 1 is 1.83 bits per heavy atom. The summed E-state index contributed by atoms with van der Waals surface area (Å²) in [5.41, 5.74) is 6.47. The van der Waals surface area contributed by atoms with Crippen molar-refractivity contribution in [2.45, 2.75) is 17.9 Å². The predicted molar refractivity (Wildman–Crippen MR) is 54.4 cm³/mol. The van der Waals surface area contributed by atoms with Crippen molar-refractivity contribution in [2.75, 3.05) is 12.3 Å². The highest BCUT2D eigenvalue weighted by molar-refractivity contribution is 7.99. The molecule has 1 unspecified atom stereocenters. The van der Waals surface area contributed by atoms with E-state index < -0.39 is 0 Å². The quantitative estimate of drug-likeness (QED) is 0.777. The Hall–Kier alpha value is -0.260. The van der Waals surface area contributed by atoms with Gasteiger partial charge in [-0.25, -0.2) is 4.98 Å². The number of nitrogens with two attached hydrogens (primary N) is 1. The van der Waals surface area contributed by atoms with E-state index >= 15 is 0 Å². The number of thioether (sulfide) groups is 1. The number of thiazole rings is 1. The van der Waals surface area contributed by atoms with Crippen LogP contribution in [0.15, 0.2) is 5.38 Å². The monoisotopic (exact) mass is 204 g/mol. The van der Waals surface area contributed by atoms with Gasteiger partial charge in [0.1, 0.15) is 0 Å². The molecule has 0 saturated carbocycles. The second-order valence-electron chi connectivity index (χ2n) is 2.48. The highest BCUT2D eigenvalue weighted by Gasteiger charge is 2.03. The molecule has 0 aliphatic rings. The fourth-order valence-corrected chi connectivity index (χ4v) is 2.05. The van der Waals surface area contributed by atoms with Gasteiger partial charge >= 0.3 is 0 Å². The lowest BCUT2D eigenvalue weighted by Gasteiger charge is -2.04. The predicted octanol–water partition coefficient (Wildman–Crippen LogP) is 1.34. The van der Waals surface area contributed by atoms with Crippen LogP contribution in [-0.2, 0) is 5.75 Å². The molecule has 0 fully saturated rings. The summed E-state index contributed by atoms with van der Waals surface area (Å²) in [4.78, 5) is 4.11. The van der Waals surface area contributed by atoms with Gasteiger partial charge in [-0.15, -0.1) is 23.1 Å². The fraction of sp³-hybridized carbons (Fsp3) is 0.571. The molecule has 1 atom stereocenters. The Bertz CT molecular complexity index is 239. The summed E-state index contributed by atoms with van der Waals surface area (Å²) >= 11 is 3.14. The van der Waals surface area contributed by atoms with E-state index in [-0.39, 0.29) is 11.9 Å². The number of nitrogen functional groups attached to an aromatic ring is 1. The number of hydrogen-bond donors (Lipinski definition) is 2. The fourth-order valence-electron chi connectivity index (χ4n) is 0.669. The molecule has 0 aliphatic heterocycles. The SMILES string of the molecule is CC(CO)SCc1csc(N)n1. The lowest BCUT2D eigenvalue weighted by atomic mass is 10.5. The topological polar surface area (TPSA) is 59.1 Å². The van der Waals surface area contributed by atoms with Crippen molar-refractivity contribution in [1.29, 1.82) is 0 Å². The van der Waals surface area contributed by atoms with Gasteiger partial charge in [0.2, 0.25) is 0 Å². The van der Waals surface area contributed by atoms with Gasteiger partial charge in [0.15, 0.2) is 5.13 Å². The van der Waals surface area contributed by atoms with Gasteiger partial charge in [0, 0.05) is 16.4 Å². The summed E-state index contributed by atoms with van der Waals surface area (Å²) in [5.74, 6) is 0.829.